The number of aromatic amines is 1. The minimum atomic E-state index is -0.410. The van der Waals surface area contributed by atoms with Crippen LogP contribution in [0.2, 0.25) is 10.0 Å². The number of imidazole rings is 1. The number of carbonyl (C=O) groups excluding carboxylic acids is 2. The fourth-order valence-corrected chi connectivity index (χ4v) is 5.17. The minimum absolute atomic E-state index is 0.0651. The molecule has 1 aliphatic rings. The van der Waals surface area contributed by atoms with E-state index in [0.29, 0.717) is 70.0 Å². The van der Waals surface area contributed by atoms with E-state index >= 15 is 0 Å². The Hall–Kier alpha value is -3.60. The third-order valence-electron chi connectivity index (χ3n) is 6.93. The average Bonchev–Trinajstić information content (AvgIpc) is 3.61. The van der Waals surface area contributed by atoms with Gasteiger partial charge in [-0.15, -0.1) is 0 Å². The van der Waals surface area contributed by atoms with Crippen molar-refractivity contribution in [1.82, 2.24) is 30.4 Å². The smallest absolute Gasteiger partial charge is 0.255 e. The largest absolute Gasteiger partial charge is 0.390 e. The summed E-state index contributed by atoms with van der Waals surface area (Å²) in [5.74, 6) is 0.426. The Morgan fingerprint density at radius 1 is 1.22 bits per heavy atom. The summed E-state index contributed by atoms with van der Waals surface area (Å²) in [6.45, 7) is 6.95. The third-order valence-corrected chi connectivity index (χ3v) is 7.48. The van der Waals surface area contributed by atoms with Gasteiger partial charge in [-0.25, -0.2) is 9.98 Å². The van der Waals surface area contributed by atoms with Gasteiger partial charge in [0.1, 0.15) is 5.82 Å². The van der Waals surface area contributed by atoms with Crippen LogP contribution in [0.25, 0.3) is 16.7 Å². The van der Waals surface area contributed by atoms with Gasteiger partial charge in [-0.3, -0.25) is 9.59 Å². The normalized spacial score (nSPS) is 14.2. The number of amides is 2. The summed E-state index contributed by atoms with van der Waals surface area (Å²) in [4.78, 5) is 41.9. The molecule has 0 bridgehead atoms. The molecule has 0 spiro atoms. The number of hydrogen-bond donors (Lipinski definition) is 4. The molecule has 1 unspecified atom stereocenters. The molecular formula is C29H36Cl2N8O2. The van der Waals surface area contributed by atoms with Crippen molar-refractivity contribution in [3.8, 4) is 0 Å². The molecule has 5 N–H and O–H groups in total. The Morgan fingerprint density at radius 3 is 2.68 bits per heavy atom. The first-order valence-corrected chi connectivity index (χ1v) is 14.3. The third kappa shape index (κ3) is 7.78. The molecule has 1 fully saturated rings. The molecule has 0 aliphatic carbocycles. The van der Waals surface area contributed by atoms with Gasteiger partial charge in [0.05, 0.1) is 39.7 Å². The van der Waals surface area contributed by atoms with Crippen LogP contribution < -0.4 is 16.4 Å². The molecule has 4 rings (SSSR count). The number of rotatable bonds is 12. The van der Waals surface area contributed by atoms with Gasteiger partial charge in [-0.05, 0) is 63.7 Å². The van der Waals surface area contributed by atoms with Crippen molar-refractivity contribution < 1.29 is 9.59 Å². The number of aliphatic imine (C=N–C) groups is 1. The first-order chi connectivity index (χ1) is 19.7. The van der Waals surface area contributed by atoms with Gasteiger partial charge < -0.3 is 31.2 Å². The number of H-pyrrole nitrogens is 1. The van der Waals surface area contributed by atoms with Crippen LogP contribution in [0.3, 0.4) is 0 Å². The monoisotopic (exact) mass is 598 g/mol. The van der Waals surface area contributed by atoms with Crippen LogP contribution in [0.1, 0.15) is 53.5 Å². The lowest BCUT2D eigenvalue weighted by Crippen LogP contribution is -2.32. The highest BCUT2D eigenvalue weighted by molar-refractivity contribution is 6.34. The zero-order valence-corrected chi connectivity index (χ0v) is 24.9. The number of nitrogens with one attached hydrogen (secondary N) is 3. The van der Waals surface area contributed by atoms with Gasteiger partial charge in [0.15, 0.2) is 0 Å². The number of carbonyl (C=O) groups is 2. The van der Waals surface area contributed by atoms with E-state index in [4.69, 9.17) is 33.9 Å². The van der Waals surface area contributed by atoms with E-state index in [-0.39, 0.29) is 18.2 Å². The predicted molar refractivity (Wildman–Crippen MR) is 166 cm³/mol. The second-order valence-electron chi connectivity index (χ2n) is 10.3. The molecule has 3 aromatic rings. The van der Waals surface area contributed by atoms with Crippen molar-refractivity contribution in [3.05, 3.63) is 63.9 Å². The summed E-state index contributed by atoms with van der Waals surface area (Å²) in [6.07, 6.45) is 3.80. The Balaban J connectivity index is 1.59. The van der Waals surface area contributed by atoms with Gasteiger partial charge in [-0.2, -0.15) is 0 Å². The molecule has 0 saturated carbocycles. The van der Waals surface area contributed by atoms with E-state index in [9.17, 15) is 9.59 Å². The van der Waals surface area contributed by atoms with E-state index in [1.807, 2.05) is 25.1 Å². The minimum Gasteiger partial charge on any atom is -0.390 e. The van der Waals surface area contributed by atoms with Crippen LogP contribution in [0.4, 0.5) is 5.69 Å². The molecule has 41 heavy (non-hydrogen) atoms. The van der Waals surface area contributed by atoms with Crippen LogP contribution >= 0.6 is 23.2 Å². The number of halogens is 2. The number of likely N-dealkylation sites (N-methyl/N-ethyl adjacent to an activating group) is 1. The van der Waals surface area contributed by atoms with Crippen LogP contribution in [0.15, 0.2) is 41.9 Å². The number of aromatic nitrogens is 2. The van der Waals surface area contributed by atoms with Crippen LogP contribution in [0.5, 0.6) is 0 Å². The fraction of sp³-hybridized carbons (Fsp3) is 0.379. The maximum absolute atomic E-state index is 13.1. The van der Waals surface area contributed by atoms with E-state index < -0.39 is 6.04 Å². The van der Waals surface area contributed by atoms with Crippen LogP contribution in [-0.2, 0) is 4.79 Å². The molecule has 0 radical (unpaired) electrons. The molecule has 10 nitrogen and oxygen atoms in total. The molecule has 12 heteroatoms. The number of hydrogen-bond acceptors (Lipinski definition) is 6. The van der Waals surface area contributed by atoms with Crippen molar-refractivity contribution in [3.63, 3.8) is 0 Å². The van der Waals surface area contributed by atoms with Gasteiger partial charge >= 0.3 is 0 Å². The number of benzene rings is 2. The van der Waals surface area contributed by atoms with Gasteiger partial charge in [0.2, 0.25) is 5.91 Å². The summed E-state index contributed by atoms with van der Waals surface area (Å²) in [6, 6.07) is 8.33. The number of likely N-dealkylation sites (tertiary alicyclic amines) is 1. The molecule has 1 aromatic heterocycles. The number of nitrogens with zero attached hydrogens (tertiary/aromatic N) is 4. The maximum Gasteiger partial charge on any atom is 0.255 e. The van der Waals surface area contributed by atoms with Crippen LogP contribution in [-0.4, -0.2) is 78.2 Å². The summed E-state index contributed by atoms with van der Waals surface area (Å²) in [7, 11) is 3.91. The van der Waals surface area contributed by atoms with Crippen molar-refractivity contribution >= 4 is 63.8 Å². The highest BCUT2D eigenvalue weighted by Gasteiger charge is 2.25. The van der Waals surface area contributed by atoms with E-state index in [1.54, 1.807) is 29.2 Å². The zero-order valence-electron chi connectivity index (χ0n) is 23.3. The number of fused-ring (bicyclic) bond motifs is 1. The fourth-order valence-electron chi connectivity index (χ4n) is 4.76. The molecule has 218 valence electrons. The quantitative estimate of drug-likeness (QED) is 0.179. The van der Waals surface area contributed by atoms with E-state index in [1.165, 1.54) is 6.34 Å². The Kier molecular flexibility index (Phi) is 10.3. The Morgan fingerprint density at radius 2 is 1.98 bits per heavy atom. The zero-order chi connectivity index (χ0) is 29.5. The summed E-state index contributed by atoms with van der Waals surface area (Å²) < 4.78 is 0. The summed E-state index contributed by atoms with van der Waals surface area (Å²) in [5.41, 5.74) is 9.07. The predicted octanol–water partition coefficient (Wildman–Crippen LogP) is 4.48. The molecular weight excluding hydrogens is 563 g/mol. The molecule has 1 saturated heterocycles. The van der Waals surface area contributed by atoms with Crippen molar-refractivity contribution in [2.24, 2.45) is 10.7 Å². The number of nitrogens with two attached hydrogens (primary N) is 1. The lowest BCUT2D eigenvalue weighted by atomic mass is 10.0. The topological polar surface area (TPSA) is 132 Å². The SMILES string of the molecule is C=C(NC(CCC(=O)NCCN(C)C)c1nc2cc(Cl)ccc2[nH]1)c1cc(Cl)c(C(=O)N2CCCC2)cc1/N=C\N. The van der Waals surface area contributed by atoms with Gasteiger partial charge in [-0.1, -0.05) is 29.8 Å². The molecule has 2 aromatic carbocycles. The maximum atomic E-state index is 13.1. The lowest BCUT2D eigenvalue weighted by molar-refractivity contribution is -0.121. The highest BCUT2D eigenvalue weighted by atomic mass is 35.5. The van der Waals surface area contributed by atoms with Crippen molar-refractivity contribution in [2.75, 3.05) is 40.3 Å². The molecule has 1 atom stereocenters. The second kappa shape index (κ2) is 13.8. The lowest BCUT2D eigenvalue weighted by Gasteiger charge is -2.22. The molecule has 2 heterocycles. The van der Waals surface area contributed by atoms with E-state index in [2.05, 4.69) is 27.2 Å². The first kappa shape index (κ1) is 30.4. The summed E-state index contributed by atoms with van der Waals surface area (Å²) in [5, 5.41) is 7.23. The average molecular weight is 600 g/mol. The van der Waals surface area contributed by atoms with E-state index in [0.717, 1.165) is 24.9 Å². The van der Waals surface area contributed by atoms with Crippen molar-refractivity contribution in [1.29, 1.82) is 0 Å². The Labute approximate surface area is 250 Å². The van der Waals surface area contributed by atoms with Gasteiger partial charge in [0, 0.05) is 48.9 Å². The molecule has 1 aliphatic heterocycles. The standard InChI is InChI=1S/C29H36Cl2N8O2/c1-18(20-15-22(31)21(16-25(20)34-17-32)29(41)39-11-4-5-12-39)35-24(8-9-27(40)33-10-13-38(2)3)28-36-23-7-6-19(30)14-26(23)37-28/h6-7,14-17,24,35H,1,4-5,8-13H2,2-3H3,(H2,32,34)(H,33,40)(H,36,37). The van der Waals surface area contributed by atoms with Crippen molar-refractivity contribution in [2.45, 2.75) is 31.7 Å². The first-order valence-electron chi connectivity index (χ1n) is 13.6. The Bertz CT molecular complexity index is 1450. The molecule has 2 amide bonds. The highest BCUT2D eigenvalue weighted by Crippen LogP contribution is 2.34. The van der Waals surface area contributed by atoms with Gasteiger partial charge in [0.25, 0.3) is 5.91 Å². The summed E-state index contributed by atoms with van der Waals surface area (Å²) >= 11 is 12.8. The van der Waals surface area contributed by atoms with Crippen LogP contribution in [0, 0.1) is 0 Å². The second-order valence-corrected chi connectivity index (χ2v) is 11.1.